The molecule has 0 unspecified atom stereocenters. The summed E-state index contributed by atoms with van der Waals surface area (Å²) < 4.78 is 46.2. The normalized spacial score (nSPS) is 11.0. The summed E-state index contributed by atoms with van der Waals surface area (Å²) in [5.41, 5.74) is 1.42. The van der Waals surface area contributed by atoms with Gasteiger partial charge in [-0.05, 0) is 53.1 Å². The molecule has 0 aromatic heterocycles. The van der Waals surface area contributed by atoms with Gasteiger partial charge in [0.1, 0.15) is 18.2 Å². The largest absolute Gasteiger partial charge is 0.489 e. The van der Waals surface area contributed by atoms with E-state index in [0.717, 1.165) is 30.5 Å². The Hall–Kier alpha value is -2.49. The van der Waals surface area contributed by atoms with Gasteiger partial charge in [-0.15, -0.1) is 0 Å². The minimum absolute atomic E-state index is 0.0768. The molecular formula is C20H17F3O. The van der Waals surface area contributed by atoms with Gasteiger partial charge in [-0.3, -0.25) is 0 Å². The monoisotopic (exact) mass is 330 g/mol. The van der Waals surface area contributed by atoms with Gasteiger partial charge in [-0.1, -0.05) is 31.5 Å². The molecule has 24 heavy (non-hydrogen) atoms. The number of ether oxygens (including phenoxy) is 1. The molecule has 0 saturated carbocycles. The molecule has 3 rings (SSSR count). The molecule has 0 N–H and O–H groups in total. The van der Waals surface area contributed by atoms with Crippen LogP contribution in [0.15, 0.2) is 48.5 Å². The van der Waals surface area contributed by atoms with E-state index in [9.17, 15) is 13.2 Å². The quantitative estimate of drug-likeness (QED) is 0.575. The first-order chi connectivity index (χ1) is 11.6. The first-order valence-corrected chi connectivity index (χ1v) is 7.85. The zero-order chi connectivity index (χ0) is 17.1. The Morgan fingerprint density at radius 3 is 2.25 bits per heavy atom. The molecule has 1 nitrogen and oxygen atoms in total. The van der Waals surface area contributed by atoms with Crippen molar-refractivity contribution in [3.63, 3.8) is 0 Å². The van der Waals surface area contributed by atoms with Gasteiger partial charge in [0, 0.05) is 5.56 Å². The molecule has 0 fully saturated rings. The van der Waals surface area contributed by atoms with Gasteiger partial charge in [0.2, 0.25) is 0 Å². The van der Waals surface area contributed by atoms with Crippen LogP contribution in [0.4, 0.5) is 13.2 Å². The second kappa shape index (κ2) is 6.95. The third kappa shape index (κ3) is 3.53. The van der Waals surface area contributed by atoms with Crippen molar-refractivity contribution in [3.8, 4) is 5.75 Å². The molecule has 0 aliphatic carbocycles. The second-order valence-corrected chi connectivity index (χ2v) is 5.74. The van der Waals surface area contributed by atoms with Crippen LogP contribution in [0.3, 0.4) is 0 Å². The fraction of sp³-hybridized carbons (Fsp3) is 0.200. The zero-order valence-corrected chi connectivity index (χ0v) is 13.3. The summed E-state index contributed by atoms with van der Waals surface area (Å²) in [6.45, 7) is 2.12. The standard InChI is InChI=1S/C20H17F3O/c1-2-3-13-4-5-15(18(21)8-13)12-24-17-7-6-14-10-19(22)20(23)11-16(14)9-17/h4-11H,2-3,12H2,1H3. The van der Waals surface area contributed by atoms with Crippen molar-refractivity contribution < 1.29 is 17.9 Å². The lowest BCUT2D eigenvalue weighted by Crippen LogP contribution is -1.99. The minimum atomic E-state index is -0.905. The van der Waals surface area contributed by atoms with Crippen molar-refractivity contribution >= 4 is 10.8 Å². The number of benzene rings is 3. The van der Waals surface area contributed by atoms with E-state index in [2.05, 4.69) is 0 Å². The number of hydrogen-bond donors (Lipinski definition) is 0. The highest BCUT2D eigenvalue weighted by molar-refractivity contribution is 5.84. The lowest BCUT2D eigenvalue weighted by Gasteiger charge is -2.09. The number of hydrogen-bond acceptors (Lipinski definition) is 1. The lowest BCUT2D eigenvalue weighted by molar-refractivity contribution is 0.300. The van der Waals surface area contributed by atoms with Crippen LogP contribution < -0.4 is 4.74 Å². The summed E-state index contributed by atoms with van der Waals surface area (Å²) >= 11 is 0. The average Bonchev–Trinajstić information content (AvgIpc) is 2.55. The molecule has 0 amide bonds. The van der Waals surface area contributed by atoms with Gasteiger partial charge in [0.15, 0.2) is 11.6 Å². The van der Waals surface area contributed by atoms with Gasteiger partial charge in [0.25, 0.3) is 0 Å². The van der Waals surface area contributed by atoms with Crippen molar-refractivity contribution in [2.75, 3.05) is 0 Å². The van der Waals surface area contributed by atoms with E-state index in [0.29, 0.717) is 22.1 Å². The Balaban J connectivity index is 1.77. The molecule has 124 valence electrons. The van der Waals surface area contributed by atoms with Crippen LogP contribution in [0.25, 0.3) is 10.8 Å². The Bertz CT molecular complexity index is 874. The van der Waals surface area contributed by atoms with Crippen molar-refractivity contribution in [2.24, 2.45) is 0 Å². The van der Waals surface area contributed by atoms with Gasteiger partial charge in [-0.2, -0.15) is 0 Å². The first kappa shape index (κ1) is 16.4. The molecule has 0 bridgehead atoms. The first-order valence-electron chi connectivity index (χ1n) is 7.85. The zero-order valence-electron chi connectivity index (χ0n) is 13.3. The predicted octanol–water partition coefficient (Wildman–Crippen LogP) is 5.79. The third-order valence-electron chi connectivity index (χ3n) is 3.90. The summed E-state index contributed by atoms with van der Waals surface area (Å²) in [5, 5.41) is 1.11. The van der Waals surface area contributed by atoms with Crippen LogP contribution in [0.1, 0.15) is 24.5 Å². The molecule has 0 saturated heterocycles. The maximum Gasteiger partial charge on any atom is 0.159 e. The summed E-state index contributed by atoms with van der Waals surface area (Å²) in [7, 11) is 0. The molecule has 3 aromatic rings. The summed E-state index contributed by atoms with van der Waals surface area (Å²) in [4.78, 5) is 0. The molecule has 0 aliphatic rings. The average molecular weight is 330 g/mol. The fourth-order valence-electron chi connectivity index (χ4n) is 2.62. The van der Waals surface area contributed by atoms with E-state index in [4.69, 9.17) is 4.74 Å². The van der Waals surface area contributed by atoms with E-state index >= 15 is 0 Å². The van der Waals surface area contributed by atoms with Crippen molar-refractivity contribution in [1.82, 2.24) is 0 Å². The Morgan fingerprint density at radius 1 is 0.792 bits per heavy atom. The second-order valence-electron chi connectivity index (χ2n) is 5.74. The number of halogens is 3. The highest BCUT2D eigenvalue weighted by atomic mass is 19.2. The Labute approximate surface area is 138 Å². The molecule has 0 atom stereocenters. The molecule has 4 heteroatoms. The van der Waals surface area contributed by atoms with Crippen molar-refractivity contribution in [3.05, 3.63) is 77.1 Å². The fourth-order valence-corrected chi connectivity index (χ4v) is 2.62. The number of aryl methyl sites for hydroxylation is 1. The van der Waals surface area contributed by atoms with Gasteiger partial charge in [0.05, 0.1) is 0 Å². The SMILES string of the molecule is CCCc1ccc(COc2ccc3cc(F)c(F)cc3c2)c(F)c1. The van der Waals surface area contributed by atoms with E-state index in [1.54, 1.807) is 24.3 Å². The molecule has 3 aromatic carbocycles. The van der Waals surface area contributed by atoms with Gasteiger partial charge < -0.3 is 4.74 Å². The summed E-state index contributed by atoms with van der Waals surface area (Å²) in [5.74, 6) is -1.61. The molecule has 0 radical (unpaired) electrons. The highest BCUT2D eigenvalue weighted by Gasteiger charge is 2.07. The third-order valence-corrected chi connectivity index (χ3v) is 3.90. The number of fused-ring (bicyclic) bond motifs is 1. The molecule has 0 heterocycles. The van der Waals surface area contributed by atoms with Crippen LogP contribution in [0.2, 0.25) is 0 Å². The van der Waals surface area contributed by atoms with E-state index in [1.807, 2.05) is 13.0 Å². The van der Waals surface area contributed by atoms with Gasteiger partial charge >= 0.3 is 0 Å². The summed E-state index contributed by atoms with van der Waals surface area (Å²) in [6, 6.07) is 12.3. The molecule has 0 aliphatic heterocycles. The maximum atomic E-state index is 14.1. The van der Waals surface area contributed by atoms with Crippen molar-refractivity contribution in [2.45, 2.75) is 26.4 Å². The summed E-state index contributed by atoms with van der Waals surface area (Å²) in [6.07, 6.45) is 1.80. The van der Waals surface area contributed by atoms with Crippen LogP contribution in [0, 0.1) is 17.5 Å². The highest BCUT2D eigenvalue weighted by Crippen LogP contribution is 2.24. The van der Waals surface area contributed by atoms with Crippen LogP contribution in [-0.2, 0) is 13.0 Å². The van der Waals surface area contributed by atoms with Crippen LogP contribution >= 0.6 is 0 Å². The van der Waals surface area contributed by atoms with E-state index < -0.39 is 11.6 Å². The Morgan fingerprint density at radius 2 is 1.54 bits per heavy atom. The smallest absolute Gasteiger partial charge is 0.159 e. The molecule has 0 spiro atoms. The topological polar surface area (TPSA) is 9.23 Å². The van der Waals surface area contributed by atoms with Crippen molar-refractivity contribution in [1.29, 1.82) is 0 Å². The van der Waals surface area contributed by atoms with Crippen LogP contribution in [-0.4, -0.2) is 0 Å². The van der Waals surface area contributed by atoms with Crippen LogP contribution in [0.5, 0.6) is 5.75 Å². The van der Waals surface area contributed by atoms with E-state index in [-0.39, 0.29) is 12.4 Å². The maximum absolute atomic E-state index is 14.1. The predicted molar refractivity (Wildman–Crippen MR) is 88.6 cm³/mol. The minimum Gasteiger partial charge on any atom is -0.489 e. The van der Waals surface area contributed by atoms with Gasteiger partial charge in [-0.25, -0.2) is 13.2 Å². The van der Waals surface area contributed by atoms with E-state index in [1.165, 1.54) is 6.07 Å². The lowest BCUT2D eigenvalue weighted by atomic mass is 10.1. The Kier molecular flexibility index (Phi) is 4.74. The number of rotatable bonds is 5. The molecular weight excluding hydrogens is 313 g/mol.